The molecule has 0 aliphatic carbocycles. The largest absolute Gasteiger partial charge is 0.341 e. The van der Waals surface area contributed by atoms with Gasteiger partial charge in [-0.2, -0.15) is 0 Å². The van der Waals surface area contributed by atoms with E-state index in [-0.39, 0.29) is 0 Å². The van der Waals surface area contributed by atoms with Gasteiger partial charge >= 0.3 is 0 Å². The molecule has 3 rings (SSSR count). The van der Waals surface area contributed by atoms with Gasteiger partial charge in [-0.1, -0.05) is 35.9 Å². The molecule has 0 spiro atoms. The summed E-state index contributed by atoms with van der Waals surface area (Å²) in [5, 5.41) is 5.12. The highest BCUT2D eigenvalue weighted by atomic mass is 35.5. The number of nitrogens with zero attached hydrogens (tertiary/aromatic N) is 3. The van der Waals surface area contributed by atoms with Crippen molar-refractivity contribution < 1.29 is 0 Å². The zero-order valence-corrected chi connectivity index (χ0v) is 14.0. The molecular weight excluding hydrogens is 310 g/mol. The molecule has 2 aromatic rings. The Kier molecular flexibility index (Phi) is 4.82. The van der Waals surface area contributed by atoms with Crippen LogP contribution in [0.1, 0.15) is 17.5 Å². The normalized spacial score (nSPS) is 13.0. The highest BCUT2D eigenvalue weighted by molar-refractivity contribution is 6.30. The molecule has 0 N–H and O–H groups in total. The Morgan fingerprint density at radius 2 is 1.87 bits per heavy atom. The van der Waals surface area contributed by atoms with Crippen LogP contribution >= 0.6 is 11.6 Å². The number of rotatable bonds is 5. The average molecular weight is 330 g/mol. The number of benzene rings is 2. The molecule has 23 heavy (non-hydrogen) atoms. The molecule has 1 heterocycles. The Morgan fingerprint density at radius 1 is 1.13 bits per heavy atom. The summed E-state index contributed by atoms with van der Waals surface area (Å²) in [6.07, 6.45) is 2.88. The molecule has 0 aromatic heterocycles. The maximum atomic E-state index is 10.5. The van der Waals surface area contributed by atoms with E-state index in [0.29, 0.717) is 6.54 Å². The predicted octanol–water partition coefficient (Wildman–Crippen LogP) is 4.58. The lowest BCUT2D eigenvalue weighted by atomic mass is 10.0. The van der Waals surface area contributed by atoms with Crippen LogP contribution in [0.15, 0.2) is 47.8 Å². The topological polar surface area (TPSA) is 35.9 Å². The molecule has 1 aliphatic heterocycles. The van der Waals surface area contributed by atoms with Crippen LogP contribution in [0.4, 0.5) is 11.4 Å². The van der Waals surface area contributed by atoms with Gasteiger partial charge in [-0.05, 0) is 48.6 Å². The summed E-state index contributed by atoms with van der Waals surface area (Å²) in [6.45, 7) is 1.46. The number of hydrogen-bond acceptors (Lipinski definition) is 3. The van der Waals surface area contributed by atoms with E-state index in [2.05, 4.69) is 40.5 Å². The standard InChI is InChI=1S/C18H20ClN3O/c1-21(20-23)11-4-12-22-17-6-3-2-5-14(17)7-8-15-9-10-16(19)13-18(15)22/h2-3,5-6,9-10,13H,4,7-8,11-12H2,1H3. The molecule has 0 bridgehead atoms. The van der Waals surface area contributed by atoms with Crippen molar-refractivity contribution in [1.29, 1.82) is 0 Å². The number of halogens is 1. The van der Waals surface area contributed by atoms with E-state index < -0.39 is 0 Å². The monoisotopic (exact) mass is 329 g/mol. The van der Waals surface area contributed by atoms with Gasteiger partial charge < -0.3 is 4.90 Å². The van der Waals surface area contributed by atoms with Crippen molar-refractivity contribution in [2.45, 2.75) is 19.3 Å². The maximum Gasteiger partial charge on any atom is 0.0521 e. The first-order chi connectivity index (χ1) is 11.2. The molecule has 0 atom stereocenters. The minimum absolute atomic E-state index is 0.637. The van der Waals surface area contributed by atoms with Crippen molar-refractivity contribution in [3.05, 3.63) is 63.5 Å². The van der Waals surface area contributed by atoms with Crippen LogP contribution in [0, 0.1) is 4.91 Å². The molecule has 0 amide bonds. The van der Waals surface area contributed by atoms with E-state index >= 15 is 0 Å². The van der Waals surface area contributed by atoms with Crippen molar-refractivity contribution in [2.75, 3.05) is 25.0 Å². The van der Waals surface area contributed by atoms with E-state index in [0.717, 1.165) is 30.8 Å². The van der Waals surface area contributed by atoms with Gasteiger partial charge in [-0.3, -0.25) is 5.01 Å². The fourth-order valence-electron chi connectivity index (χ4n) is 3.12. The van der Waals surface area contributed by atoms with Gasteiger partial charge in [-0.15, -0.1) is 4.91 Å². The molecule has 120 valence electrons. The molecule has 5 heteroatoms. The molecule has 0 radical (unpaired) electrons. The molecule has 1 aliphatic rings. The summed E-state index contributed by atoms with van der Waals surface area (Å²) in [5.41, 5.74) is 5.06. The zero-order chi connectivity index (χ0) is 16.2. The summed E-state index contributed by atoms with van der Waals surface area (Å²) < 4.78 is 0. The lowest BCUT2D eigenvalue weighted by Gasteiger charge is -2.27. The van der Waals surface area contributed by atoms with E-state index in [9.17, 15) is 4.91 Å². The van der Waals surface area contributed by atoms with Crippen LogP contribution in [0.5, 0.6) is 0 Å². The third-order valence-corrected chi connectivity index (χ3v) is 4.52. The maximum absolute atomic E-state index is 10.5. The smallest absolute Gasteiger partial charge is 0.0521 e. The molecule has 0 fully saturated rings. The first-order valence-electron chi connectivity index (χ1n) is 7.87. The highest BCUT2D eigenvalue weighted by Gasteiger charge is 2.20. The van der Waals surface area contributed by atoms with Crippen LogP contribution in [0.3, 0.4) is 0 Å². The number of fused-ring (bicyclic) bond motifs is 2. The molecule has 0 unspecified atom stereocenters. The summed E-state index contributed by atoms with van der Waals surface area (Å²) in [7, 11) is 1.70. The predicted molar refractivity (Wildman–Crippen MR) is 95.4 cm³/mol. The second kappa shape index (κ2) is 7.01. The van der Waals surface area contributed by atoms with Gasteiger partial charge in [0.2, 0.25) is 0 Å². The van der Waals surface area contributed by atoms with Crippen LogP contribution in [0.25, 0.3) is 0 Å². The summed E-state index contributed by atoms with van der Waals surface area (Å²) >= 11 is 6.24. The number of para-hydroxylation sites is 1. The number of nitroso groups, excluding NO2 is 1. The zero-order valence-electron chi connectivity index (χ0n) is 13.2. The number of anilines is 2. The SMILES string of the molecule is CN(CCCN1c2ccccc2CCc2ccc(Cl)cc21)N=O. The van der Waals surface area contributed by atoms with Crippen LogP contribution in [0.2, 0.25) is 5.02 Å². The van der Waals surface area contributed by atoms with E-state index in [1.54, 1.807) is 7.05 Å². The fraction of sp³-hybridized carbons (Fsp3) is 0.333. The third-order valence-electron chi connectivity index (χ3n) is 4.29. The van der Waals surface area contributed by atoms with Crippen LogP contribution in [-0.4, -0.2) is 25.1 Å². The summed E-state index contributed by atoms with van der Waals surface area (Å²) in [6, 6.07) is 14.6. The van der Waals surface area contributed by atoms with E-state index in [1.165, 1.54) is 27.5 Å². The fourth-order valence-corrected chi connectivity index (χ4v) is 3.29. The molecule has 2 aromatic carbocycles. The van der Waals surface area contributed by atoms with Crippen molar-refractivity contribution in [3.63, 3.8) is 0 Å². The van der Waals surface area contributed by atoms with Gasteiger partial charge in [0.25, 0.3) is 0 Å². The number of aryl methyl sites for hydroxylation is 2. The first kappa shape index (κ1) is 15.8. The Hall–Kier alpha value is -2.07. The van der Waals surface area contributed by atoms with Crippen molar-refractivity contribution >= 4 is 23.0 Å². The lowest BCUT2D eigenvalue weighted by molar-refractivity contribution is 0.345. The van der Waals surface area contributed by atoms with Gasteiger partial charge in [-0.25, -0.2) is 0 Å². The molecular formula is C18H20ClN3O. The van der Waals surface area contributed by atoms with Crippen LogP contribution in [-0.2, 0) is 12.8 Å². The second-order valence-corrected chi connectivity index (χ2v) is 6.31. The number of hydrogen-bond donors (Lipinski definition) is 0. The van der Waals surface area contributed by atoms with E-state index in [4.69, 9.17) is 11.6 Å². The Morgan fingerprint density at radius 3 is 2.65 bits per heavy atom. The second-order valence-electron chi connectivity index (χ2n) is 5.87. The molecule has 0 saturated carbocycles. The first-order valence-corrected chi connectivity index (χ1v) is 8.25. The lowest BCUT2D eigenvalue weighted by Crippen LogP contribution is -2.23. The van der Waals surface area contributed by atoms with Crippen molar-refractivity contribution in [3.8, 4) is 0 Å². The molecule has 0 saturated heterocycles. The van der Waals surface area contributed by atoms with Crippen LogP contribution < -0.4 is 4.90 Å². The van der Waals surface area contributed by atoms with Crippen molar-refractivity contribution in [1.82, 2.24) is 5.01 Å². The minimum atomic E-state index is 0.637. The third kappa shape index (κ3) is 3.48. The summed E-state index contributed by atoms with van der Waals surface area (Å²) in [4.78, 5) is 12.8. The Labute approximate surface area is 141 Å². The highest BCUT2D eigenvalue weighted by Crippen LogP contribution is 2.37. The summed E-state index contributed by atoms with van der Waals surface area (Å²) in [5.74, 6) is 0. The average Bonchev–Trinajstić information content (AvgIpc) is 2.72. The Bertz CT molecular complexity index is 704. The quantitative estimate of drug-likeness (QED) is 0.595. The van der Waals surface area contributed by atoms with Gasteiger partial charge in [0.1, 0.15) is 0 Å². The Balaban J connectivity index is 1.94. The minimum Gasteiger partial charge on any atom is -0.341 e. The van der Waals surface area contributed by atoms with Gasteiger partial charge in [0, 0.05) is 36.5 Å². The van der Waals surface area contributed by atoms with Crippen molar-refractivity contribution in [2.24, 2.45) is 5.29 Å². The van der Waals surface area contributed by atoms with Gasteiger partial charge in [0.05, 0.1) is 5.29 Å². The van der Waals surface area contributed by atoms with E-state index in [1.807, 2.05) is 12.1 Å². The molecule has 4 nitrogen and oxygen atoms in total. The van der Waals surface area contributed by atoms with Gasteiger partial charge in [0.15, 0.2) is 0 Å².